The van der Waals surface area contributed by atoms with Crippen molar-refractivity contribution >= 4 is 11.5 Å². The lowest BCUT2D eigenvalue weighted by molar-refractivity contribution is 0.0472. The maximum Gasteiger partial charge on any atom is 0.338 e. The maximum absolute atomic E-state index is 12.1. The molecule has 3 aromatic carbocycles. The topological polar surface area (TPSA) is 35.5 Å². The SMILES string of the molecule is C#C/C=C(/CC)c1cccc(OCc2ccc(COC(=O)c3ccccc3)c(C)c2)c1. The van der Waals surface area contributed by atoms with Crippen LogP contribution in [-0.4, -0.2) is 5.97 Å². The summed E-state index contributed by atoms with van der Waals surface area (Å²) in [4.78, 5) is 12.1. The van der Waals surface area contributed by atoms with Gasteiger partial charge < -0.3 is 9.47 Å². The molecule has 0 saturated heterocycles. The molecule has 0 atom stereocenters. The number of carbonyl (C=O) groups is 1. The summed E-state index contributed by atoms with van der Waals surface area (Å²) in [5.41, 5.74) is 5.82. The third kappa shape index (κ3) is 6.10. The molecule has 0 aliphatic carbocycles. The molecule has 0 amide bonds. The van der Waals surface area contributed by atoms with E-state index in [1.54, 1.807) is 18.2 Å². The van der Waals surface area contributed by atoms with Gasteiger partial charge in [-0.15, -0.1) is 6.42 Å². The smallest absolute Gasteiger partial charge is 0.338 e. The van der Waals surface area contributed by atoms with Gasteiger partial charge >= 0.3 is 5.97 Å². The van der Waals surface area contributed by atoms with Gasteiger partial charge in [0.1, 0.15) is 19.0 Å². The number of benzene rings is 3. The Bertz CT molecular complexity index is 1100. The molecule has 0 aliphatic heterocycles. The Balaban J connectivity index is 1.60. The van der Waals surface area contributed by atoms with E-state index in [4.69, 9.17) is 15.9 Å². The standard InChI is InChI=1S/C28H26O3/c1-4-10-23(5-2)25-13-9-14-27(18-25)30-19-22-15-16-26(21(3)17-22)20-31-28(29)24-11-7-6-8-12-24/h1,6-18H,5,19-20H2,2-3H3/b23-10-. The van der Waals surface area contributed by atoms with Crippen LogP contribution in [0.25, 0.3) is 5.57 Å². The minimum absolute atomic E-state index is 0.240. The molecule has 0 aliphatic rings. The zero-order chi connectivity index (χ0) is 22.1. The van der Waals surface area contributed by atoms with Gasteiger partial charge in [0.25, 0.3) is 0 Å². The number of allylic oxidation sites excluding steroid dienone is 2. The first-order valence-electron chi connectivity index (χ1n) is 10.3. The largest absolute Gasteiger partial charge is 0.489 e. The summed E-state index contributed by atoms with van der Waals surface area (Å²) >= 11 is 0. The van der Waals surface area contributed by atoms with Gasteiger partial charge in [0.15, 0.2) is 0 Å². The average Bonchev–Trinajstić information content (AvgIpc) is 2.81. The van der Waals surface area contributed by atoms with E-state index in [0.717, 1.165) is 40.0 Å². The Morgan fingerprint density at radius 1 is 0.968 bits per heavy atom. The fraction of sp³-hybridized carbons (Fsp3) is 0.179. The minimum atomic E-state index is -0.322. The lowest BCUT2D eigenvalue weighted by Crippen LogP contribution is -2.06. The highest BCUT2D eigenvalue weighted by Gasteiger charge is 2.08. The fourth-order valence-electron chi connectivity index (χ4n) is 3.25. The van der Waals surface area contributed by atoms with E-state index in [9.17, 15) is 4.79 Å². The first kappa shape index (κ1) is 21.9. The molecule has 3 rings (SSSR count). The van der Waals surface area contributed by atoms with Gasteiger partial charge in [-0.3, -0.25) is 0 Å². The molecule has 0 spiro atoms. The Morgan fingerprint density at radius 2 is 1.74 bits per heavy atom. The van der Waals surface area contributed by atoms with Gasteiger partial charge in [-0.1, -0.05) is 61.4 Å². The van der Waals surface area contributed by atoms with Crippen LogP contribution in [0.1, 0.15) is 46.0 Å². The van der Waals surface area contributed by atoms with Crippen LogP contribution in [0.15, 0.2) is 78.9 Å². The molecule has 0 N–H and O–H groups in total. The molecular formula is C28H26O3. The second kappa shape index (κ2) is 10.8. The fourth-order valence-corrected chi connectivity index (χ4v) is 3.25. The van der Waals surface area contributed by atoms with E-state index in [-0.39, 0.29) is 12.6 Å². The molecule has 0 fully saturated rings. The molecule has 0 radical (unpaired) electrons. The van der Waals surface area contributed by atoms with Crippen LogP contribution in [0.5, 0.6) is 5.75 Å². The summed E-state index contributed by atoms with van der Waals surface area (Å²) in [6, 6.07) is 23.0. The molecular weight excluding hydrogens is 384 g/mol. The quantitative estimate of drug-likeness (QED) is 0.320. The van der Waals surface area contributed by atoms with Crippen molar-refractivity contribution in [3.05, 3.63) is 107 Å². The summed E-state index contributed by atoms with van der Waals surface area (Å²) in [5, 5.41) is 0. The Hall–Kier alpha value is -3.77. The first-order valence-corrected chi connectivity index (χ1v) is 10.3. The third-order valence-corrected chi connectivity index (χ3v) is 5.02. The van der Waals surface area contributed by atoms with Crippen molar-refractivity contribution in [1.82, 2.24) is 0 Å². The summed E-state index contributed by atoms with van der Waals surface area (Å²) in [6.45, 7) is 4.78. The summed E-state index contributed by atoms with van der Waals surface area (Å²) in [6.07, 6.45) is 8.09. The number of carbonyl (C=O) groups excluding carboxylic acids is 1. The zero-order valence-electron chi connectivity index (χ0n) is 17.9. The Labute approximate surface area is 184 Å². The summed E-state index contributed by atoms with van der Waals surface area (Å²) < 4.78 is 11.4. The molecule has 0 unspecified atom stereocenters. The number of hydrogen-bond donors (Lipinski definition) is 0. The van der Waals surface area contributed by atoms with E-state index in [1.165, 1.54) is 0 Å². The van der Waals surface area contributed by atoms with Crippen molar-refractivity contribution in [2.75, 3.05) is 0 Å². The molecule has 0 saturated carbocycles. The van der Waals surface area contributed by atoms with E-state index in [2.05, 4.69) is 18.9 Å². The van der Waals surface area contributed by atoms with Crippen LogP contribution in [0.3, 0.4) is 0 Å². The van der Waals surface area contributed by atoms with Gasteiger partial charge in [-0.05, 0) is 71.5 Å². The Kier molecular flexibility index (Phi) is 7.67. The number of terminal acetylenes is 1. The molecule has 3 nitrogen and oxygen atoms in total. The first-order chi connectivity index (χ1) is 15.1. The number of esters is 1. The van der Waals surface area contributed by atoms with Crippen LogP contribution in [0.4, 0.5) is 0 Å². The molecule has 156 valence electrons. The molecule has 0 aromatic heterocycles. The van der Waals surface area contributed by atoms with Gasteiger partial charge in [-0.2, -0.15) is 0 Å². The van der Waals surface area contributed by atoms with Crippen molar-refractivity contribution in [3.63, 3.8) is 0 Å². The highest BCUT2D eigenvalue weighted by molar-refractivity contribution is 5.89. The monoisotopic (exact) mass is 410 g/mol. The van der Waals surface area contributed by atoms with Crippen LogP contribution < -0.4 is 4.74 Å². The number of ether oxygens (including phenoxy) is 2. The van der Waals surface area contributed by atoms with E-state index in [1.807, 2.05) is 61.5 Å². The van der Waals surface area contributed by atoms with E-state index in [0.29, 0.717) is 12.2 Å². The van der Waals surface area contributed by atoms with Crippen molar-refractivity contribution in [3.8, 4) is 18.1 Å². The van der Waals surface area contributed by atoms with Crippen LogP contribution >= 0.6 is 0 Å². The summed E-state index contributed by atoms with van der Waals surface area (Å²) in [7, 11) is 0. The third-order valence-electron chi connectivity index (χ3n) is 5.02. The van der Waals surface area contributed by atoms with Crippen LogP contribution in [0.2, 0.25) is 0 Å². The van der Waals surface area contributed by atoms with Gasteiger partial charge in [0, 0.05) is 0 Å². The predicted octanol–water partition coefficient (Wildman–Crippen LogP) is 6.36. The molecule has 0 heterocycles. The average molecular weight is 411 g/mol. The molecule has 31 heavy (non-hydrogen) atoms. The van der Waals surface area contributed by atoms with Crippen LogP contribution in [0, 0.1) is 19.3 Å². The zero-order valence-corrected chi connectivity index (χ0v) is 17.9. The van der Waals surface area contributed by atoms with Crippen molar-refractivity contribution < 1.29 is 14.3 Å². The van der Waals surface area contributed by atoms with Crippen molar-refractivity contribution in [2.24, 2.45) is 0 Å². The second-order valence-electron chi connectivity index (χ2n) is 7.21. The molecule has 0 bridgehead atoms. The number of hydrogen-bond acceptors (Lipinski definition) is 3. The Morgan fingerprint density at radius 3 is 2.45 bits per heavy atom. The molecule has 3 heteroatoms. The second-order valence-corrected chi connectivity index (χ2v) is 7.21. The van der Waals surface area contributed by atoms with E-state index >= 15 is 0 Å². The van der Waals surface area contributed by atoms with Gasteiger partial charge in [0.05, 0.1) is 5.56 Å². The predicted molar refractivity (Wildman–Crippen MR) is 125 cm³/mol. The maximum atomic E-state index is 12.1. The van der Waals surface area contributed by atoms with Gasteiger partial charge in [-0.25, -0.2) is 4.79 Å². The highest BCUT2D eigenvalue weighted by Crippen LogP contribution is 2.23. The normalized spacial score (nSPS) is 10.9. The van der Waals surface area contributed by atoms with E-state index < -0.39 is 0 Å². The summed E-state index contributed by atoms with van der Waals surface area (Å²) in [5.74, 6) is 3.08. The molecule has 3 aromatic rings. The lowest BCUT2D eigenvalue weighted by Gasteiger charge is -2.12. The number of aryl methyl sites for hydroxylation is 1. The number of rotatable bonds is 8. The van der Waals surface area contributed by atoms with Crippen molar-refractivity contribution in [1.29, 1.82) is 0 Å². The van der Waals surface area contributed by atoms with Crippen molar-refractivity contribution in [2.45, 2.75) is 33.5 Å². The highest BCUT2D eigenvalue weighted by atomic mass is 16.5. The lowest BCUT2D eigenvalue weighted by atomic mass is 10.0. The van der Waals surface area contributed by atoms with Gasteiger partial charge in [0.2, 0.25) is 0 Å². The minimum Gasteiger partial charge on any atom is -0.489 e. The van der Waals surface area contributed by atoms with Crippen LogP contribution in [-0.2, 0) is 18.0 Å².